The first-order valence-corrected chi connectivity index (χ1v) is 10.3. The Balaban J connectivity index is 1.44. The van der Waals surface area contributed by atoms with Gasteiger partial charge in [0.1, 0.15) is 5.75 Å². The molecule has 7 nitrogen and oxygen atoms in total. The molecule has 0 radical (unpaired) electrons. The summed E-state index contributed by atoms with van der Waals surface area (Å²) in [4.78, 5) is 19.8. The van der Waals surface area contributed by atoms with Gasteiger partial charge in [0.05, 0.1) is 12.4 Å². The van der Waals surface area contributed by atoms with Crippen molar-refractivity contribution < 1.29 is 13.9 Å². The van der Waals surface area contributed by atoms with Crippen molar-refractivity contribution >= 4 is 23.7 Å². The number of hydrazone groups is 1. The van der Waals surface area contributed by atoms with Gasteiger partial charge in [0.2, 0.25) is 11.1 Å². The number of carbonyl (C=O) groups excluding carboxylic acids is 1. The maximum atomic E-state index is 13.8. The molecule has 0 atom stereocenters. The van der Waals surface area contributed by atoms with E-state index >= 15 is 0 Å². The molecule has 4 rings (SSSR count). The molecule has 166 valence electrons. The number of ether oxygens (including phenoxy) is 1. The van der Waals surface area contributed by atoms with Gasteiger partial charge in [-0.05, 0) is 73.5 Å². The second-order valence-electron chi connectivity index (χ2n) is 7.17. The Morgan fingerprint density at radius 3 is 2.67 bits per heavy atom. The van der Waals surface area contributed by atoms with E-state index in [1.807, 2.05) is 38.1 Å². The fourth-order valence-electron chi connectivity index (χ4n) is 3.26. The van der Waals surface area contributed by atoms with Gasteiger partial charge < -0.3 is 9.30 Å². The smallest absolute Gasteiger partial charge is 0.271 e. The van der Waals surface area contributed by atoms with Crippen LogP contribution < -0.4 is 10.2 Å². The van der Waals surface area contributed by atoms with Crippen molar-refractivity contribution in [2.45, 2.75) is 13.8 Å². The van der Waals surface area contributed by atoms with Gasteiger partial charge in [-0.25, -0.2) is 10.4 Å². The number of nitrogens with zero attached hydrogens (tertiary/aromatic N) is 4. The van der Waals surface area contributed by atoms with Gasteiger partial charge in [-0.3, -0.25) is 4.79 Å². The number of carbonyl (C=O) groups is 1. The summed E-state index contributed by atoms with van der Waals surface area (Å²) >= 11 is 5.69. The number of nitrogens with one attached hydrogen (secondary N) is 1. The monoisotopic (exact) mass is 463 g/mol. The number of aromatic nitrogens is 3. The van der Waals surface area contributed by atoms with E-state index in [1.165, 1.54) is 6.21 Å². The van der Waals surface area contributed by atoms with Crippen molar-refractivity contribution in [3.8, 4) is 17.3 Å². The molecule has 0 fully saturated rings. The van der Waals surface area contributed by atoms with Gasteiger partial charge in [0, 0.05) is 22.6 Å². The fourth-order valence-corrected chi connectivity index (χ4v) is 3.39. The highest BCUT2D eigenvalue weighted by atomic mass is 35.5. The van der Waals surface area contributed by atoms with Gasteiger partial charge in [0.15, 0.2) is 0 Å². The van der Waals surface area contributed by atoms with Crippen LogP contribution in [0.4, 0.5) is 4.39 Å². The molecule has 0 saturated carbocycles. The summed E-state index contributed by atoms with van der Waals surface area (Å²) in [6.45, 7) is 4.02. The lowest BCUT2D eigenvalue weighted by Gasteiger charge is -2.10. The summed E-state index contributed by atoms with van der Waals surface area (Å²) in [5.41, 5.74) is 6.67. The molecule has 0 aliphatic carbocycles. The third kappa shape index (κ3) is 5.24. The molecular formula is C24H19ClFN5O2. The van der Waals surface area contributed by atoms with Gasteiger partial charge in [-0.2, -0.15) is 14.5 Å². The van der Waals surface area contributed by atoms with E-state index < -0.39 is 5.82 Å². The van der Waals surface area contributed by atoms with Crippen molar-refractivity contribution in [3.63, 3.8) is 0 Å². The normalized spacial score (nSPS) is 11.0. The molecule has 1 amide bonds. The van der Waals surface area contributed by atoms with Crippen molar-refractivity contribution in [2.24, 2.45) is 5.10 Å². The number of rotatable bonds is 6. The number of hydrogen-bond donors (Lipinski definition) is 1. The number of hydrogen-bond acceptors (Lipinski definition) is 5. The molecule has 33 heavy (non-hydrogen) atoms. The molecule has 0 bridgehead atoms. The van der Waals surface area contributed by atoms with E-state index in [0.29, 0.717) is 16.9 Å². The molecule has 2 aromatic heterocycles. The zero-order valence-corrected chi connectivity index (χ0v) is 18.5. The average Bonchev–Trinajstić information content (AvgIpc) is 3.14. The Morgan fingerprint density at radius 2 is 1.88 bits per heavy atom. The predicted molar refractivity (Wildman–Crippen MR) is 124 cm³/mol. The molecule has 1 N–H and O–H groups in total. The van der Waals surface area contributed by atoms with Crippen LogP contribution in [0, 0.1) is 19.7 Å². The SMILES string of the molecule is Cc1ccc(C)n1-c1cccc(C(=O)N/N=C\c2cccc(Oc3nc(Cl)ncc3F)c2)c1. The number of benzene rings is 2. The Kier molecular flexibility index (Phi) is 6.46. The second kappa shape index (κ2) is 9.62. The zero-order chi connectivity index (χ0) is 23.4. The molecule has 0 aliphatic rings. The summed E-state index contributed by atoms with van der Waals surface area (Å²) in [6, 6.07) is 18.0. The highest BCUT2D eigenvalue weighted by Gasteiger charge is 2.10. The Hall–Kier alpha value is -4.04. The maximum Gasteiger partial charge on any atom is 0.271 e. The molecule has 2 aromatic carbocycles. The lowest BCUT2D eigenvalue weighted by atomic mass is 10.2. The van der Waals surface area contributed by atoms with Crippen molar-refractivity contribution in [3.05, 3.63) is 100 Å². The molecule has 0 spiro atoms. The summed E-state index contributed by atoms with van der Waals surface area (Å²) < 4.78 is 21.3. The largest absolute Gasteiger partial charge is 0.436 e. The van der Waals surface area contributed by atoms with Gasteiger partial charge in [0.25, 0.3) is 11.8 Å². The van der Waals surface area contributed by atoms with E-state index in [9.17, 15) is 9.18 Å². The zero-order valence-electron chi connectivity index (χ0n) is 17.8. The predicted octanol–water partition coefficient (Wildman–Crippen LogP) is 5.23. The van der Waals surface area contributed by atoms with E-state index in [0.717, 1.165) is 23.3 Å². The Labute approximate surface area is 194 Å². The van der Waals surface area contributed by atoms with E-state index in [-0.39, 0.29) is 17.1 Å². The maximum absolute atomic E-state index is 13.8. The molecular weight excluding hydrogens is 445 g/mol. The van der Waals surface area contributed by atoms with Crippen molar-refractivity contribution in [2.75, 3.05) is 0 Å². The standard InChI is InChI=1S/C24H19ClFN5O2/c1-15-9-10-16(2)31(15)19-7-4-6-18(12-19)22(32)30-28-13-17-5-3-8-20(11-17)33-23-21(26)14-27-24(25)29-23/h3-14H,1-2H3,(H,30,32)/b28-13-. The third-order valence-corrected chi connectivity index (χ3v) is 4.95. The van der Waals surface area contributed by atoms with Crippen molar-refractivity contribution in [1.29, 1.82) is 0 Å². The highest BCUT2D eigenvalue weighted by molar-refractivity contribution is 6.28. The molecule has 0 aliphatic heterocycles. The summed E-state index contributed by atoms with van der Waals surface area (Å²) in [5.74, 6) is -1.05. The summed E-state index contributed by atoms with van der Waals surface area (Å²) in [5, 5.41) is 3.89. The Bertz CT molecular complexity index is 1330. The van der Waals surface area contributed by atoms with E-state index in [1.54, 1.807) is 36.4 Å². The quantitative estimate of drug-likeness (QED) is 0.241. The number of aryl methyl sites for hydroxylation is 2. The first-order valence-electron chi connectivity index (χ1n) is 9.95. The number of halogens is 2. The molecule has 0 saturated heterocycles. The molecule has 0 unspecified atom stereocenters. The van der Waals surface area contributed by atoms with Gasteiger partial charge in [-0.15, -0.1) is 0 Å². The minimum absolute atomic E-state index is 0.127. The molecule has 9 heteroatoms. The van der Waals surface area contributed by atoms with Gasteiger partial charge >= 0.3 is 0 Å². The van der Waals surface area contributed by atoms with Crippen LogP contribution in [-0.2, 0) is 0 Å². The second-order valence-corrected chi connectivity index (χ2v) is 7.51. The molecule has 4 aromatic rings. The minimum Gasteiger partial charge on any atom is -0.436 e. The third-order valence-electron chi connectivity index (χ3n) is 4.77. The lowest BCUT2D eigenvalue weighted by molar-refractivity contribution is 0.0955. The summed E-state index contributed by atoms with van der Waals surface area (Å²) in [6.07, 6.45) is 2.39. The van der Waals surface area contributed by atoms with Gasteiger partial charge in [-0.1, -0.05) is 18.2 Å². The fraction of sp³-hybridized carbons (Fsp3) is 0.0833. The van der Waals surface area contributed by atoms with Crippen LogP contribution in [0.15, 0.2) is 72.0 Å². The van der Waals surface area contributed by atoms with Crippen molar-refractivity contribution in [1.82, 2.24) is 20.0 Å². The first kappa shape index (κ1) is 22.2. The first-order chi connectivity index (χ1) is 15.9. The number of amides is 1. The molecule has 2 heterocycles. The van der Waals surface area contributed by atoms with Crippen LogP contribution in [0.2, 0.25) is 5.28 Å². The Morgan fingerprint density at radius 1 is 1.12 bits per heavy atom. The van der Waals surface area contributed by atoms with Crippen LogP contribution in [0.1, 0.15) is 27.3 Å². The van der Waals surface area contributed by atoms with E-state index in [4.69, 9.17) is 16.3 Å². The lowest BCUT2D eigenvalue weighted by Crippen LogP contribution is -2.18. The average molecular weight is 464 g/mol. The highest BCUT2D eigenvalue weighted by Crippen LogP contribution is 2.23. The van der Waals surface area contributed by atoms with E-state index in [2.05, 4.69) is 25.1 Å². The van der Waals surface area contributed by atoms with Crippen LogP contribution in [0.5, 0.6) is 11.6 Å². The van der Waals surface area contributed by atoms with Crippen LogP contribution in [0.25, 0.3) is 5.69 Å². The minimum atomic E-state index is -0.738. The van der Waals surface area contributed by atoms with Crippen LogP contribution in [-0.4, -0.2) is 26.7 Å². The summed E-state index contributed by atoms with van der Waals surface area (Å²) in [7, 11) is 0. The van der Waals surface area contributed by atoms with Crippen LogP contribution in [0.3, 0.4) is 0 Å². The van der Waals surface area contributed by atoms with Crippen LogP contribution >= 0.6 is 11.6 Å². The topological polar surface area (TPSA) is 81.4 Å².